The fraction of sp³-hybridized carbons (Fsp3) is 0.600. The molecule has 5 nitrogen and oxygen atoms in total. The molecule has 1 atom stereocenters. The van der Waals surface area contributed by atoms with Gasteiger partial charge in [0.25, 0.3) is 0 Å². The van der Waals surface area contributed by atoms with Crippen LogP contribution in [0.15, 0.2) is 17.5 Å². The van der Waals surface area contributed by atoms with Crippen molar-refractivity contribution in [2.24, 2.45) is 0 Å². The summed E-state index contributed by atoms with van der Waals surface area (Å²) >= 11 is 1.63. The van der Waals surface area contributed by atoms with Crippen molar-refractivity contribution >= 4 is 23.3 Å². The van der Waals surface area contributed by atoms with Crippen molar-refractivity contribution in [3.8, 4) is 0 Å². The summed E-state index contributed by atoms with van der Waals surface area (Å²) in [5, 5.41) is 11.5. The number of nitrogens with zero attached hydrogens (tertiary/aromatic N) is 2. The highest BCUT2D eigenvalue weighted by Gasteiger charge is 2.48. The van der Waals surface area contributed by atoms with E-state index in [-0.39, 0.29) is 12.1 Å². The molecule has 1 saturated heterocycles. The van der Waals surface area contributed by atoms with Gasteiger partial charge in [-0.2, -0.15) is 0 Å². The molecule has 1 aliphatic heterocycles. The van der Waals surface area contributed by atoms with E-state index in [9.17, 15) is 14.7 Å². The minimum absolute atomic E-state index is 0.117. The number of aliphatic carboxylic acids is 1. The Labute approximate surface area is 128 Å². The highest BCUT2D eigenvalue weighted by Crippen LogP contribution is 2.35. The second kappa shape index (κ2) is 5.33. The number of carbonyl (C=O) groups is 2. The van der Waals surface area contributed by atoms with Gasteiger partial charge in [-0.15, -0.1) is 11.3 Å². The number of likely N-dealkylation sites (tertiary alicyclic amines) is 1. The normalized spacial score (nSPS) is 25.1. The third-order valence-corrected chi connectivity index (χ3v) is 5.33. The smallest absolute Gasteiger partial charge is 0.329 e. The summed E-state index contributed by atoms with van der Waals surface area (Å²) in [6.07, 6.45) is 3.33. The Morgan fingerprint density at radius 2 is 2.29 bits per heavy atom. The van der Waals surface area contributed by atoms with E-state index in [0.717, 1.165) is 24.1 Å². The van der Waals surface area contributed by atoms with Crippen LogP contribution in [0.3, 0.4) is 0 Å². The van der Waals surface area contributed by atoms with Crippen molar-refractivity contribution in [3.63, 3.8) is 0 Å². The van der Waals surface area contributed by atoms with Crippen LogP contribution in [0.1, 0.15) is 37.5 Å². The van der Waals surface area contributed by atoms with Crippen molar-refractivity contribution in [2.75, 3.05) is 6.54 Å². The molecular weight excluding hydrogens is 288 g/mol. The standard InChI is InChI=1S/C15H20N2O3S/c1-15(13(18)19)7-3-8-17(15)14(20)16(11-5-6-11)10-12-4-2-9-21-12/h2,4,9,11H,3,5-8,10H2,1H3,(H,18,19). The van der Waals surface area contributed by atoms with Gasteiger partial charge in [0.15, 0.2) is 0 Å². The first kappa shape index (κ1) is 14.4. The third-order valence-electron chi connectivity index (χ3n) is 4.47. The molecule has 1 unspecified atom stereocenters. The SMILES string of the molecule is CC1(C(=O)O)CCCN1C(=O)N(Cc1cccs1)C1CC1. The van der Waals surface area contributed by atoms with Crippen LogP contribution in [0.5, 0.6) is 0 Å². The van der Waals surface area contributed by atoms with Crippen LogP contribution in [0, 0.1) is 0 Å². The first-order valence-corrected chi connectivity index (χ1v) is 8.24. The summed E-state index contributed by atoms with van der Waals surface area (Å²) in [6.45, 7) is 2.79. The highest BCUT2D eigenvalue weighted by atomic mass is 32.1. The Morgan fingerprint density at radius 1 is 1.52 bits per heavy atom. The molecule has 6 heteroatoms. The minimum Gasteiger partial charge on any atom is -0.480 e. The summed E-state index contributed by atoms with van der Waals surface area (Å²) in [4.78, 5) is 29.0. The summed E-state index contributed by atoms with van der Waals surface area (Å²) in [5.74, 6) is -0.903. The first-order valence-electron chi connectivity index (χ1n) is 7.36. The number of carboxylic acid groups (broad SMARTS) is 1. The van der Waals surface area contributed by atoms with Gasteiger partial charge in [0, 0.05) is 17.5 Å². The molecule has 2 heterocycles. The molecule has 1 N–H and O–H groups in total. The Balaban J connectivity index is 1.79. The van der Waals surface area contributed by atoms with Gasteiger partial charge in [-0.1, -0.05) is 6.07 Å². The number of rotatable bonds is 4. The van der Waals surface area contributed by atoms with Crippen molar-refractivity contribution < 1.29 is 14.7 Å². The Bertz CT molecular complexity index is 541. The summed E-state index contributed by atoms with van der Waals surface area (Å²) < 4.78 is 0. The second-order valence-electron chi connectivity index (χ2n) is 6.06. The number of carbonyl (C=O) groups excluding carboxylic acids is 1. The van der Waals surface area contributed by atoms with E-state index < -0.39 is 11.5 Å². The van der Waals surface area contributed by atoms with E-state index in [1.165, 1.54) is 0 Å². The number of hydrogen-bond donors (Lipinski definition) is 1. The zero-order valence-electron chi connectivity index (χ0n) is 12.1. The lowest BCUT2D eigenvalue weighted by molar-refractivity contribution is -0.147. The minimum atomic E-state index is -1.06. The van der Waals surface area contributed by atoms with Gasteiger partial charge in [-0.25, -0.2) is 9.59 Å². The van der Waals surface area contributed by atoms with Gasteiger partial charge >= 0.3 is 12.0 Å². The van der Waals surface area contributed by atoms with Gasteiger partial charge in [0.1, 0.15) is 5.54 Å². The lowest BCUT2D eigenvalue weighted by Gasteiger charge is -2.35. The molecule has 0 bridgehead atoms. The zero-order valence-corrected chi connectivity index (χ0v) is 12.9. The van der Waals surface area contributed by atoms with Crippen LogP contribution in [0.25, 0.3) is 0 Å². The average Bonchev–Trinajstić information content (AvgIpc) is 3.00. The van der Waals surface area contributed by atoms with E-state index >= 15 is 0 Å². The molecular formula is C15H20N2O3S. The van der Waals surface area contributed by atoms with E-state index in [0.29, 0.717) is 19.5 Å². The Kier molecular flexibility index (Phi) is 3.65. The molecule has 2 fully saturated rings. The van der Waals surface area contributed by atoms with Crippen molar-refractivity contribution in [2.45, 2.75) is 50.7 Å². The fourth-order valence-corrected chi connectivity index (χ4v) is 3.66. The quantitative estimate of drug-likeness (QED) is 0.930. The van der Waals surface area contributed by atoms with Crippen LogP contribution in [-0.2, 0) is 11.3 Å². The largest absolute Gasteiger partial charge is 0.480 e. The molecule has 114 valence electrons. The summed E-state index contributed by atoms with van der Waals surface area (Å²) in [6, 6.07) is 4.16. The van der Waals surface area contributed by atoms with Gasteiger partial charge in [0.2, 0.25) is 0 Å². The monoisotopic (exact) mass is 308 g/mol. The van der Waals surface area contributed by atoms with Gasteiger partial charge < -0.3 is 14.9 Å². The highest BCUT2D eigenvalue weighted by molar-refractivity contribution is 7.09. The predicted octanol–water partition coefficient (Wildman–Crippen LogP) is 2.77. The van der Waals surface area contributed by atoms with Crippen LogP contribution in [0.4, 0.5) is 4.79 Å². The number of carboxylic acids is 1. The number of amides is 2. The summed E-state index contributed by atoms with van der Waals surface area (Å²) in [5.41, 5.74) is -1.06. The predicted molar refractivity (Wildman–Crippen MR) is 80.3 cm³/mol. The van der Waals surface area contributed by atoms with E-state index in [2.05, 4.69) is 0 Å². The maximum absolute atomic E-state index is 12.9. The van der Waals surface area contributed by atoms with Gasteiger partial charge in [-0.3, -0.25) is 0 Å². The Morgan fingerprint density at radius 3 is 2.86 bits per heavy atom. The molecule has 0 aromatic carbocycles. The molecule has 1 saturated carbocycles. The molecule has 1 aromatic rings. The lowest BCUT2D eigenvalue weighted by Crippen LogP contribution is -2.55. The number of thiophene rings is 1. The van der Waals surface area contributed by atoms with Crippen LogP contribution >= 0.6 is 11.3 Å². The Hall–Kier alpha value is -1.56. The maximum Gasteiger partial charge on any atom is 0.329 e. The first-order chi connectivity index (χ1) is 10.0. The maximum atomic E-state index is 12.9. The molecule has 2 amide bonds. The van der Waals surface area contributed by atoms with Crippen molar-refractivity contribution in [3.05, 3.63) is 22.4 Å². The molecule has 0 spiro atoms. The molecule has 0 radical (unpaired) electrons. The molecule has 1 aromatic heterocycles. The fourth-order valence-electron chi connectivity index (χ4n) is 2.96. The average molecular weight is 308 g/mol. The van der Waals surface area contributed by atoms with Crippen LogP contribution < -0.4 is 0 Å². The molecule has 3 rings (SSSR count). The summed E-state index contributed by atoms with van der Waals surface area (Å²) in [7, 11) is 0. The lowest BCUT2D eigenvalue weighted by atomic mass is 10.00. The molecule has 21 heavy (non-hydrogen) atoms. The molecule has 1 aliphatic carbocycles. The van der Waals surface area contributed by atoms with Gasteiger partial charge in [-0.05, 0) is 44.1 Å². The second-order valence-corrected chi connectivity index (χ2v) is 7.09. The topological polar surface area (TPSA) is 60.9 Å². The van der Waals surface area contributed by atoms with E-state index in [4.69, 9.17) is 0 Å². The van der Waals surface area contributed by atoms with Crippen LogP contribution in [-0.4, -0.2) is 45.0 Å². The third kappa shape index (κ3) is 2.64. The van der Waals surface area contributed by atoms with E-state index in [1.807, 2.05) is 22.4 Å². The number of hydrogen-bond acceptors (Lipinski definition) is 3. The van der Waals surface area contributed by atoms with Crippen molar-refractivity contribution in [1.29, 1.82) is 0 Å². The van der Waals surface area contributed by atoms with Crippen LogP contribution in [0.2, 0.25) is 0 Å². The zero-order chi connectivity index (χ0) is 15.0. The number of urea groups is 1. The van der Waals surface area contributed by atoms with Crippen molar-refractivity contribution in [1.82, 2.24) is 9.80 Å². The van der Waals surface area contributed by atoms with E-state index in [1.54, 1.807) is 23.2 Å². The van der Waals surface area contributed by atoms with Gasteiger partial charge in [0.05, 0.1) is 6.54 Å². The molecule has 2 aliphatic rings.